The second kappa shape index (κ2) is 8.18. The molecule has 0 radical (unpaired) electrons. The first kappa shape index (κ1) is 17.5. The van der Waals surface area contributed by atoms with Gasteiger partial charge < -0.3 is 15.4 Å². The molecule has 2 N–H and O–H groups in total. The molecule has 1 aliphatic heterocycles. The summed E-state index contributed by atoms with van der Waals surface area (Å²) < 4.78 is 7.49. The fraction of sp³-hybridized carbons (Fsp3) is 0.350. The number of nitrogens with one attached hydrogen (secondary N) is 2. The van der Waals surface area contributed by atoms with Crippen LogP contribution in [0.5, 0.6) is 0 Å². The van der Waals surface area contributed by atoms with Crippen molar-refractivity contribution in [3.63, 3.8) is 0 Å². The fourth-order valence-corrected chi connectivity index (χ4v) is 3.29. The van der Waals surface area contributed by atoms with Crippen molar-refractivity contribution in [2.75, 3.05) is 25.0 Å². The molecular weight excluding hydrogens is 342 g/mol. The number of hydrogen-bond acceptors (Lipinski definition) is 5. The van der Waals surface area contributed by atoms with E-state index in [1.165, 1.54) is 0 Å². The van der Waals surface area contributed by atoms with Crippen molar-refractivity contribution in [1.82, 2.24) is 19.7 Å². The molecule has 0 aliphatic carbocycles. The van der Waals surface area contributed by atoms with Crippen LogP contribution in [-0.2, 0) is 9.53 Å². The predicted molar refractivity (Wildman–Crippen MR) is 104 cm³/mol. The van der Waals surface area contributed by atoms with Gasteiger partial charge >= 0.3 is 0 Å². The normalized spacial score (nSPS) is 16.5. The summed E-state index contributed by atoms with van der Waals surface area (Å²) in [4.78, 5) is 20.9. The van der Waals surface area contributed by atoms with Gasteiger partial charge in [-0.1, -0.05) is 30.3 Å². The Labute approximate surface area is 157 Å². The first-order valence-corrected chi connectivity index (χ1v) is 9.31. The van der Waals surface area contributed by atoms with Gasteiger partial charge in [-0.15, -0.1) is 0 Å². The number of benzene rings is 1. The Morgan fingerprint density at radius 1 is 1.30 bits per heavy atom. The molecule has 27 heavy (non-hydrogen) atoms. The Balaban J connectivity index is 1.42. The monoisotopic (exact) mass is 365 g/mol. The molecule has 7 nitrogen and oxygen atoms in total. The smallest absolute Gasteiger partial charge is 0.221 e. The number of fused-ring (bicyclic) bond motifs is 1. The Kier molecular flexibility index (Phi) is 5.29. The van der Waals surface area contributed by atoms with E-state index in [1.807, 2.05) is 40.9 Å². The zero-order chi connectivity index (χ0) is 18.5. The first-order valence-electron chi connectivity index (χ1n) is 9.31. The minimum Gasteiger partial charge on any atom is -0.376 e. The van der Waals surface area contributed by atoms with E-state index in [-0.39, 0.29) is 12.0 Å². The van der Waals surface area contributed by atoms with Crippen LogP contribution in [0.1, 0.15) is 19.3 Å². The van der Waals surface area contributed by atoms with Gasteiger partial charge in [0.1, 0.15) is 11.5 Å². The molecule has 1 amide bonds. The quantitative estimate of drug-likeness (QED) is 0.672. The standard InChI is InChI=1S/C20H23N5O2/c26-18(23-13-16-7-4-12-27-16)8-9-22-20-19(15-5-2-1-3-6-15)24-17-14-21-10-11-25(17)20/h1-3,5-6,10-11,14,16,22H,4,7-9,12-13H2,(H,23,26)/t16-/m0/s1. The molecule has 140 valence electrons. The molecule has 0 saturated carbocycles. The third kappa shape index (κ3) is 4.09. The van der Waals surface area contributed by atoms with E-state index in [1.54, 1.807) is 12.4 Å². The lowest BCUT2D eigenvalue weighted by molar-refractivity contribution is -0.121. The van der Waals surface area contributed by atoms with Crippen molar-refractivity contribution in [1.29, 1.82) is 0 Å². The number of anilines is 1. The third-order valence-electron chi connectivity index (χ3n) is 4.67. The summed E-state index contributed by atoms with van der Waals surface area (Å²) in [5, 5.41) is 6.33. The van der Waals surface area contributed by atoms with Gasteiger partial charge in [0.25, 0.3) is 0 Å². The molecule has 0 spiro atoms. The van der Waals surface area contributed by atoms with E-state index >= 15 is 0 Å². The van der Waals surface area contributed by atoms with E-state index in [9.17, 15) is 4.79 Å². The molecule has 1 atom stereocenters. The van der Waals surface area contributed by atoms with Gasteiger partial charge in [-0.05, 0) is 12.8 Å². The SMILES string of the molecule is O=C(CCNc1c(-c2ccccc2)nc2cnccn12)NC[C@@H]1CCCO1. The summed E-state index contributed by atoms with van der Waals surface area (Å²) in [6.07, 6.45) is 7.98. The van der Waals surface area contributed by atoms with E-state index in [4.69, 9.17) is 9.72 Å². The molecule has 3 aromatic rings. The lowest BCUT2D eigenvalue weighted by Gasteiger charge is -2.12. The number of rotatable bonds is 7. The first-order chi connectivity index (χ1) is 13.3. The van der Waals surface area contributed by atoms with Gasteiger partial charge in [0, 0.05) is 44.1 Å². The van der Waals surface area contributed by atoms with Gasteiger partial charge in [-0.2, -0.15) is 0 Å². The van der Waals surface area contributed by atoms with E-state index in [0.29, 0.717) is 19.5 Å². The molecule has 1 saturated heterocycles. The third-order valence-corrected chi connectivity index (χ3v) is 4.67. The maximum Gasteiger partial charge on any atom is 0.221 e. The highest BCUT2D eigenvalue weighted by atomic mass is 16.5. The highest BCUT2D eigenvalue weighted by Gasteiger charge is 2.17. The maximum atomic E-state index is 12.1. The van der Waals surface area contributed by atoms with Crippen LogP contribution in [0, 0.1) is 0 Å². The van der Waals surface area contributed by atoms with Crippen LogP contribution in [0.3, 0.4) is 0 Å². The molecule has 0 unspecified atom stereocenters. The Bertz CT molecular complexity index is 903. The van der Waals surface area contributed by atoms with Crippen molar-refractivity contribution in [2.45, 2.75) is 25.4 Å². The Hall–Kier alpha value is -2.93. The number of hydrogen-bond donors (Lipinski definition) is 2. The summed E-state index contributed by atoms with van der Waals surface area (Å²) in [5.41, 5.74) is 2.64. The van der Waals surface area contributed by atoms with Crippen molar-refractivity contribution >= 4 is 17.4 Å². The van der Waals surface area contributed by atoms with E-state index < -0.39 is 0 Å². The van der Waals surface area contributed by atoms with Crippen LogP contribution in [0.4, 0.5) is 5.82 Å². The molecule has 1 aliphatic rings. The number of amides is 1. The van der Waals surface area contributed by atoms with Gasteiger partial charge in [-0.3, -0.25) is 14.2 Å². The molecular formula is C20H23N5O2. The average molecular weight is 365 g/mol. The molecule has 2 aromatic heterocycles. The second-order valence-electron chi connectivity index (χ2n) is 6.60. The minimum atomic E-state index is 0.0229. The van der Waals surface area contributed by atoms with Crippen LogP contribution in [0.15, 0.2) is 48.9 Å². The fourth-order valence-electron chi connectivity index (χ4n) is 3.29. The maximum absolute atomic E-state index is 12.1. The summed E-state index contributed by atoms with van der Waals surface area (Å²) >= 11 is 0. The number of imidazole rings is 1. The number of carbonyl (C=O) groups is 1. The second-order valence-corrected chi connectivity index (χ2v) is 6.60. The molecule has 3 heterocycles. The van der Waals surface area contributed by atoms with Crippen LogP contribution < -0.4 is 10.6 Å². The molecule has 7 heteroatoms. The van der Waals surface area contributed by atoms with Crippen molar-refractivity contribution < 1.29 is 9.53 Å². The molecule has 1 fully saturated rings. The van der Waals surface area contributed by atoms with Gasteiger partial charge in [-0.25, -0.2) is 4.98 Å². The topological polar surface area (TPSA) is 80.6 Å². The lowest BCUT2D eigenvalue weighted by Crippen LogP contribution is -2.32. The van der Waals surface area contributed by atoms with E-state index in [2.05, 4.69) is 15.6 Å². The summed E-state index contributed by atoms with van der Waals surface area (Å²) in [7, 11) is 0. The van der Waals surface area contributed by atoms with Crippen LogP contribution in [0.25, 0.3) is 16.9 Å². The summed E-state index contributed by atoms with van der Waals surface area (Å²) in [5.74, 6) is 0.889. The highest BCUT2D eigenvalue weighted by molar-refractivity contribution is 5.78. The van der Waals surface area contributed by atoms with Crippen molar-refractivity contribution in [2.24, 2.45) is 0 Å². The lowest BCUT2D eigenvalue weighted by atomic mass is 10.1. The number of ether oxygens (including phenoxy) is 1. The molecule has 1 aromatic carbocycles. The van der Waals surface area contributed by atoms with Gasteiger partial charge in [0.2, 0.25) is 5.91 Å². The zero-order valence-electron chi connectivity index (χ0n) is 15.1. The number of carbonyl (C=O) groups excluding carboxylic acids is 1. The molecule has 4 rings (SSSR count). The van der Waals surface area contributed by atoms with Gasteiger partial charge in [0.05, 0.1) is 12.3 Å². The largest absolute Gasteiger partial charge is 0.376 e. The average Bonchev–Trinajstić information content (AvgIpc) is 3.35. The minimum absolute atomic E-state index is 0.0229. The van der Waals surface area contributed by atoms with E-state index in [0.717, 1.165) is 42.2 Å². The summed E-state index contributed by atoms with van der Waals surface area (Å²) in [6.45, 7) is 1.91. The number of nitrogens with zero attached hydrogens (tertiary/aromatic N) is 3. The number of aromatic nitrogens is 3. The summed E-state index contributed by atoms with van der Waals surface area (Å²) in [6, 6.07) is 10.00. The highest BCUT2D eigenvalue weighted by Crippen LogP contribution is 2.28. The van der Waals surface area contributed by atoms with Crippen LogP contribution in [-0.4, -0.2) is 46.1 Å². The Morgan fingerprint density at radius 3 is 3.00 bits per heavy atom. The Morgan fingerprint density at radius 2 is 2.19 bits per heavy atom. The van der Waals surface area contributed by atoms with Gasteiger partial charge in [0.15, 0.2) is 5.65 Å². The zero-order valence-corrected chi connectivity index (χ0v) is 15.1. The predicted octanol–water partition coefficient (Wildman–Crippen LogP) is 2.49. The van der Waals surface area contributed by atoms with Crippen molar-refractivity contribution in [3.05, 3.63) is 48.9 Å². The van der Waals surface area contributed by atoms with Crippen LogP contribution in [0.2, 0.25) is 0 Å². The van der Waals surface area contributed by atoms with Crippen molar-refractivity contribution in [3.8, 4) is 11.3 Å². The molecule has 0 bridgehead atoms. The van der Waals surface area contributed by atoms with Crippen LogP contribution >= 0.6 is 0 Å².